The predicted molar refractivity (Wildman–Crippen MR) is 109 cm³/mol. The minimum absolute atomic E-state index is 0.0261. The molecule has 0 spiro atoms. The van der Waals surface area contributed by atoms with E-state index in [-0.39, 0.29) is 22.7 Å². The number of hydrogen-bond donors (Lipinski definition) is 1. The minimum atomic E-state index is -1.13. The highest BCUT2D eigenvalue weighted by Crippen LogP contribution is 2.35. The molecule has 0 saturated carbocycles. The van der Waals surface area contributed by atoms with Crippen LogP contribution in [0.3, 0.4) is 0 Å². The maximum Gasteiger partial charge on any atom is 0.345 e. The summed E-state index contributed by atoms with van der Waals surface area (Å²) in [4.78, 5) is 61.0. The average Bonchev–Trinajstić information content (AvgIpc) is 2.78. The first kappa shape index (κ1) is 21.8. The van der Waals surface area contributed by atoms with E-state index in [2.05, 4.69) is 5.32 Å². The van der Waals surface area contributed by atoms with E-state index in [1.54, 1.807) is 6.07 Å². The molecule has 2 aromatic carbocycles. The quantitative estimate of drug-likeness (QED) is 0.350. The number of esters is 1. The fourth-order valence-corrected chi connectivity index (χ4v) is 3.49. The molecule has 0 saturated heterocycles. The molecule has 160 valence electrons. The summed E-state index contributed by atoms with van der Waals surface area (Å²) in [6.07, 6.45) is 1.40. The fourth-order valence-electron chi connectivity index (χ4n) is 3.49. The lowest BCUT2D eigenvalue weighted by molar-refractivity contribution is -0.385. The van der Waals surface area contributed by atoms with Gasteiger partial charge in [0.2, 0.25) is 5.78 Å². The minimum Gasteiger partial charge on any atom is -0.452 e. The van der Waals surface area contributed by atoms with Crippen LogP contribution in [0.4, 0.5) is 5.69 Å². The monoisotopic (exact) mass is 424 g/mol. The summed E-state index contributed by atoms with van der Waals surface area (Å²) in [7, 11) is 0. The molecule has 0 fully saturated rings. The van der Waals surface area contributed by atoms with Crippen molar-refractivity contribution in [1.29, 1.82) is 0 Å². The number of benzene rings is 2. The third kappa shape index (κ3) is 4.07. The van der Waals surface area contributed by atoms with Gasteiger partial charge in [0.25, 0.3) is 11.6 Å². The number of hydrogen-bond acceptors (Lipinski definition) is 7. The Kier molecular flexibility index (Phi) is 6.24. The van der Waals surface area contributed by atoms with Crippen molar-refractivity contribution >= 4 is 29.1 Å². The van der Waals surface area contributed by atoms with Crippen LogP contribution in [0, 0.1) is 10.1 Å². The summed E-state index contributed by atoms with van der Waals surface area (Å²) < 4.78 is 4.94. The Morgan fingerprint density at radius 2 is 1.61 bits per heavy atom. The second kappa shape index (κ2) is 8.86. The first-order chi connectivity index (χ1) is 14.8. The Labute approximate surface area is 177 Å². The van der Waals surface area contributed by atoms with Crippen LogP contribution in [0.15, 0.2) is 36.4 Å². The molecule has 9 nitrogen and oxygen atoms in total. The van der Waals surface area contributed by atoms with Gasteiger partial charge in [-0.25, -0.2) is 4.79 Å². The highest BCUT2D eigenvalue weighted by Gasteiger charge is 2.39. The number of nitro groups is 1. The smallest absolute Gasteiger partial charge is 0.345 e. The molecule has 3 rings (SSSR count). The molecule has 9 heteroatoms. The Morgan fingerprint density at radius 3 is 2.19 bits per heavy atom. The van der Waals surface area contributed by atoms with Crippen molar-refractivity contribution in [3.8, 4) is 0 Å². The Morgan fingerprint density at radius 1 is 1.00 bits per heavy atom. The van der Waals surface area contributed by atoms with Gasteiger partial charge in [-0.15, -0.1) is 0 Å². The van der Waals surface area contributed by atoms with Crippen molar-refractivity contribution in [3.63, 3.8) is 0 Å². The molecule has 0 heterocycles. The van der Waals surface area contributed by atoms with E-state index in [0.29, 0.717) is 12.8 Å². The van der Waals surface area contributed by atoms with Gasteiger partial charge in [-0.05, 0) is 25.0 Å². The van der Waals surface area contributed by atoms with Crippen molar-refractivity contribution in [2.24, 2.45) is 0 Å². The lowest BCUT2D eigenvalue weighted by Gasteiger charge is -2.18. The number of fused-ring (bicyclic) bond motifs is 2. The van der Waals surface area contributed by atoms with E-state index < -0.39 is 51.8 Å². The molecule has 1 aliphatic carbocycles. The second-order valence-electron chi connectivity index (χ2n) is 7.00. The van der Waals surface area contributed by atoms with E-state index in [1.165, 1.54) is 24.3 Å². The molecule has 1 N–H and O–H groups in total. The fraction of sp³-hybridized carbons (Fsp3) is 0.273. The number of carbonyl (C=O) groups is 4. The number of nitro benzene ring substituents is 1. The highest BCUT2D eigenvalue weighted by atomic mass is 16.6. The third-order valence-electron chi connectivity index (χ3n) is 5.15. The number of nitrogens with zero attached hydrogens (tertiary/aromatic N) is 1. The summed E-state index contributed by atoms with van der Waals surface area (Å²) in [5, 5.41) is 14.5. The predicted octanol–water partition coefficient (Wildman–Crippen LogP) is 2.83. The zero-order valence-electron chi connectivity index (χ0n) is 17.0. The summed E-state index contributed by atoms with van der Waals surface area (Å²) in [6, 6.07) is 8.17. The molecule has 0 aliphatic heterocycles. The van der Waals surface area contributed by atoms with Crippen LogP contribution in [0.5, 0.6) is 0 Å². The maximum absolute atomic E-state index is 12.9. The normalized spacial score (nSPS) is 12.2. The standard InChI is InChI=1S/C22H20N2O7/c1-3-12(4-2)23-17(25)11-31-22(28)16-10-9-15-18(19(16)24(29)30)21(27)14-8-6-5-7-13(14)20(15)26/h5-10,12H,3-4,11H2,1-2H3,(H,23,25). The second-order valence-corrected chi connectivity index (χ2v) is 7.00. The molecule has 0 aromatic heterocycles. The van der Waals surface area contributed by atoms with Gasteiger partial charge in [-0.1, -0.05) is 38.1 Å². The van der Waals surface area contributed by atoms with Gasteiger partial charge in [0.05, 0.1) is 4.92 Å². The van der Waals surface area contributed by atoms with Crippen molar-refractivity contribution in [2.75, 3.05) is 6.61 Å². The Balaban J connectivity index is 1.94. The Bertz CT molecular complexity index is 1100. The molecule has 0 atom stereocenters. The molecule has 0 radical (unpaired) electrons. The number of nitrogens with one attached hydrogen (secondary N) is 1. The van der Waals surface area contributed by atoms with Gasteiger partial charge in [-0.3, -0.25) is 24.5 Å². The molecular weight excluding hydrogens is 404 g/mol. The lowest BCUT2D eigenvalue weighted by atomic mass is 9.82. The van der Waals surface area contributed by atoms with Crippen LogP contribution in [0.2, 0.25) is 0 Å². The summed E-state index contributed by atoms with van der Waals surface area (Å²) in [6.45, 7) is 3.17. The number of ether oxygens (including phenoxy) is 1. The summed E-state index contributed by atoms with van der Waals surface area (Å²) in [5.41, 5.74) is -1.75. The first-order valence-corrected chi connectivity index (χ1v) is 9.76. The van der Waals surface area contributed by atoms with Crippen LogP contribution >= 0.6 is 0 Å². The zero-order chi connectivity index (χ0) is 22.7. The largest absolute Gasteiger partial charge is 0.452 e. The molecule has 0 bridgehead atoms. The van der Waals surface area contributed by atoms with E-state index in [4.69, 9.17) is 4.74 Å². The van der Waals surface area contributed by atoms with Crippen LogP contribution in [0.1, 0.15) is 68.9 Å². The number of rotatable bonds is 7. The van der Waals surface area contributed by atoms with Crippen LogP contribution < -0.4 is 5.32 Å². The molecular formula is C22H20N2O7. The average molecular weight is 424 g/mol. The van der Waals surface area contributed by atoms with Gasteiger partial charge in [-0.2, -0.15) is 0 Å². The van der Waals surface area contributed by atoms with Gasteiger partial charge in [0.1, 0.15) is 11.1 Å². The van der Waals surface area contributed by atoms with Crippen LogP contribution in [0.25, 0.3) is 0 Å². The van der Waals surface area contributed by atoms with Crippen LogP contribution in [-0.2, 0) is 9.53 Å². The molecule has 2 aromatic rings. The lowest BCUT2D eigenvalue weighted by Crippen LogP contribution is -2.37. The maximum atomic E-state index is 12.9. The van der Waals surface area contributed by atoms with Crippen molar-refractivity contribution < 1.29 is 28.8 Å². The molecule has 0 unspecified atom stereocenters. The van der Waals surface area contributed by atoms with E-state index in [0.717, 1.165) is 6.07 Å². The van der Waals surface area contributed by atoms with Gasteiger partial charge < -0.3 is 10.1 Å². The zero-order valence-corrected chi connectivity index (χ0v) is 17.0. The van der Waals surface area contributed by atoms with E-state index in [9.17, 15) is 29.3 Å². The molecule has 1 aliphatic rings. The van der Waals surface area contributed by atoms with E-state index >= 15 is 0 Å². The third-order valence-corrected chi connectivity index (χ3v) is 5.15. The SMILES string of the molecule is CCC(CC)NC(=O)COC(=O)c1ccc2c(c1[N+](=O)[O-])C(=O)c1ccccc1C2=O. The topological polar surface area (TPSA) is 133 Å². The Hall–Kier alpha value is -3.88. The van der Waals surface area contributed by atoms with Crippen molar-refractivity contribution in [1.82, 2.24) is 5.32 Å². The number of ketones is 2. The van der Waals surface area contributed by atoms with E-state index in [1.807, 2.05) is 13.8 Å². The number of amides is 1. The summed E-state index contributed by atoms with van der Waals surface area (Å²) >= 11 is 0. The molecule has 31 heavy (non-hydrogen) atoms. The molecule has 1 amide bonds. The van der Waals surface area contributed by atoms with Gasteiger partial charge in [0.15, 0.2) is 12.4 Å². The van der Waals surface area contributed by atoms with Crippen molar-refractivity contribution in [2.45, 2.75) is 32.7 Å². The van der Waals surface area contributed by atoms with Crippen molar-refractivity contribution in [3.05, 3.63) is 74.3 Å². The first-order valence-electron chi connectivity index (χ1n) is 9.76. The van der Waals surface area contributed by atoms with Gasteiger partial charge >= 0.3 is 5.97 Å². The van der Waals surface area contributed by atoms with Crippen LogP contribution in [-0.4, -0.2) is 41.0 Å². The highest BCUT2D eigenvalue weighted by molar-refractivity contribution is 6.30. The number of carbonyl (C=O) groups excluding carboxylic acids is 4. The summed E-state index contributed by atoms with van der Waals surface area (Å²) in [5.74, 6) is -2.94. The van der Waals surface area contributed by atoms with Gasteiger partial charge in [0, 0.05) is 22.7 Å².